The van der Waals surface area contributed by atoms with E-state index in [1.54, 1.807) is 19.0 Å². The molecular formula is C10H13NO. The molecule has 0 fully saturated rings. The van der Waals surface area contributed by atoms with Crippen LogP contribution in [0, 0.1) is 11.8 Å². The van der Waals surface area contributed by atoms with Crippen LogP contribution >= 0.6 is 0 Å². The highest BCUT2D eigenvalue weighted by molar-refractivity contribution is 5.94. The van der Waals surface area contributed by atoms with E-state index in [1.165, 1.54) is 0 Å². The van der Waals surface area contributed by atoms with Crippen LogP contribution in [0.1, 0.15) is 6.42 Å². The van der Waals surface area contributed by atoms with Gasteiger partial charge in [-0.05, 0) is 12.3 Å². The van der Waals surface area contributed by atoms with Gasteiger partial charge in [-0.2, -0.15) is 0 Å². The molecule has 2 nitrogen and oxygen atoms in total. The second-order valence-electron chi connectivity index (χ2n) is 3.71. The Morgan fingerprint density at radius 2 is 2.25 bits per heavy atom. The van der Waals surface area contributed by atoms with Crippen LogP contribution in [0.25, 0.3) is 0 Å². The smallest absolute Gasteiger partial charge is 0.249 e. The van der Waals surface area contributed by atoms with Crippen molar-refractivity contribution in [3.63, 3.8) is 0 Å². The summed E-state index contributed by atoms with van der Waals surface area (Å²) in [6, 6.07) is 0. The number of carbonyl (C=O) groups excluding carboxylic acids is 1. The van der Waals surface area contributed by atoms with Crippen molar-refractivity contribution in [1.82, 2.24) is 4.90 Å². The van der Waals surface area contributed by atoms with Crippen LogP contribution in [-0.4, -0.2) is 24.9 Å². The maximum atomic E-state index is 11.6. The minimum absolute atomic E-state index is 0.173. The van der Waals surface area contributed by atoms with E-state index in [9.17, 15) is 4.79 Å². The van der Waals surface area contributed by atoms with Crippen LogP contribution in [0.3, 0.4) is 0 Å². The molecule has 12 heavy (non-hydrogen) atoms. The largest absolute Gasteiger partial charge is 0.345 e. The maximum Gasteiger partial charge on any atom is 0.249 e. The number of rotatable bonds is 1. The molecule has 0 aromatic carbocycles. The number of hydrogen-bond donors (Lipinski definition) is 0. The van der Waals surface area contributed by atoms with Gasteiger partial charge in [0.25, 0.3) is 0 Å². The summed E-state index contributed by atoms with van der Waals surface area (Å²) in [7, 11) is 3.61. The molecule has 2 aliphatic rings. The first kappa shape index (κ1) is 7.59. The molecule has 0 heterocycles. The topological polar surface area (TPSA) is 20.3 Å². The van der Waals surface area contributed by atoms with Gasteiger partial charge in [-0.1, -0.05) is 18.2 Å². The highest BCUT2D eigenvalue weighted by Gasteiger charge is 2.32. The summed E-state index contributed by atoms with van der Waals surface area (Å²) in [5.74, 6) is 1.12. The zero-order chi connectivity index (χ0) is 8.72. The SMILES string of the molecule is CN(C)C(=O)C1=CC2C=CC1C2. The van der Waals surface area contributed by atoms with E-state index in [-0.39, 0.29) is 5.91 Å². The zero-order valence-electron chi connectivity index (χ0n) is 7.45. The van der Waals surface area contributed by atoms with Gasteiger partial charge in [-0.3, -0.25) is 4.79 Å². The minimum atomic E-state index is 0.173. The van der Waals surface area contributed by atoms with Crippen LogP contribution in [0.15, 0.2) is 23.8 Å². The van der Waals surface area contributed by atoms with Crippen molar-refractivity contribution in [3.05, 3.63) is 23.8 Å². The van der Waals surface area contributed by atoms with Crippen LogP contribution in [-0.2, 0) is 4.79 Å². The summed E-state index contributed by atoms with van der Waals surface area (Å²) < 4.78 is 0. The minimum Gasteiger partial charge on any atom is -0.345 e. The van der Waals surface area contributed by atoms with Crippen molar-refractivity contribution in [2.24, 2.45) is 11.8 Å². The number of nitrogens with zero attached hydrogens (tertiary/aromatic N) is 1. The monoisotopic (exact) mass is 163 g/mol. The number of carbonyl (C=O) groups is 1. The molecule has 0 radical (unpaired) electrons. The van der Waals surface area contributed by atoms with Crippen molar-refractivity contribution < 1.29 is 4.79 Å². The van der Waals surface area contributed by atoms with Crippen molar-refractivity contribution >= 4 is 5.91 Å². The fourth-order valence-electron chi connectivity index (χ4n) is 1.92. The number of hydrogen-bond acceptors (Lipinski definition) is 1. The fourth-order valence-corrected chi connectivity index (χ4v) is 1.92. The molecule has 64 valence electrons. The molecule has 2 bridgehead atoms. The number of likely N-dealkylation sites (N-methyl/N-ethyl adjacent to an activating group) is 1. The number of fused-ring (bicyclic) bond motifs is 2. The quantitative estimate of drug-likeness (QED) is 0.532. The van der Waals surface area contributed by atoms with E-state index in [1.807, 2.05) is 0 Å². The first-order chi connectivity index (χ1) is 5.68. The van der Waals surface area contributed by atoms with Gasteiger partial charge in [-0.25, -0.2) is 0 Å². The van der Waals surface area contributed by atoms with E-state index in [2.05, 4.69) is 18.2 Å². The lowest BCUT2D eigenvalue weighted by Gasteiger charge is -2.14. The molecule has 2 aliphatic carbocycles. The first-order valence-corrected chi connectivity index (χ1v) is 4.30. The molecule has 1 amide bonds. The molecule has 0 N–H and O–H groups in total. The molecule has 2 atom stereocenters. The molecular weight excluding hydrogens is 150 g/mol. The lowest BCUT2D eigenvalue weighted by atomic mass is 10.0. The van der Waals surface area contributed by atoms with Crippen LogP contribution in [0.4, 0.5) is 0 Å². The van der Waals surface area contributed by atoms with Crippen LogP contribution < -0.4 is 0 Å². The van der Waals surface area contributed by atoms with E-state index in [0.29, 0.717) is 11.8 Å². The van der Waals surface area contributed by atoms with E-state index in [4.69, 9.17) is 0 Å². The summed E-state index contributed by atoms with van der Waals surface area (Å²) in [6.07, 6.45) is 7.57. The molecule has 0 aliphatic heterocycles. The second kappa shape index (κ2) is 2.47. The molecule has 0 aromatic rings. The van der Waals surface area contributed by atoms with Gasteiger partial charge in [0, 0.05) is 25.6 Å². The van der Waals surface area contributed by atoms with E-state index < -0.39 is 0 Å². The van der Waals surface area contributed by atoms with Crippen LogP contribution in [0.2, 0.25) is 0 Å². The lowest BCUT2D eigenvalue weighted by molar-refractivity contribution is -0.125. The van der Waals surface area contributed by atoms with Gasteiger partial charge in [0.15, 0.2) is 0 Å². The highest BCUT2D eigenvalue weighted by atomic mass is 16.2. The number of allylic oxidation sites excluding steroid dienone is 3. The average molecular weight is 163 g/mol. The van der Waals surface area contributed by atoms with Gasteiger partial charge < -0.3 is 4.90 Å². The Hall–Kier alpha value is -1.05. The average Bonchev–Trinajstić information content (AvgIpc) is 2.62. The molecule has 2 rings (SSSR count). The predicted octanol–water partition coefficient (Wildman–Crippen LogP) is 1.21. The van der Waals surface area contributed by atoms with Gasteiger partial charge in [0.2, 0.25) is 5.91 Å². The third-order valence-electron chi connectivity index (χ3n) is 2.56. The van der Waals surface area contributed by atoms with Gasteiger partial charge in [-0.15, -0.1) is 0 Å². The van der Waals surface area contributed by atoms with E-state index in [0.717, 1.165) is 12.0 Å². The molecule has 0 spiro atoms. The first-order valence-electron chi connectivity index (χ1n) is 4.30. The van der Waals surface area contributed by atoms with Crippen molar-refractivity contribution in [1.29, 1.82) is 0 Å². The third kappa shape index (κ3) is 0.986. The molecule has 0 saturated carbocycles. The molecule has 2 unspecified atom stereocenters. The predicted molar refractivity (Wildman–Crippen MR) is 47.5 cm³/mol. The Labute approximate surface area is 72.6 Å². The summed E-state index contributed by atoms with van der Waals surface area (Å²) in [5, 5.41) is 0. The van der Waals surface area contributed by atoms with Crippen LogP contribution in [0.5, 0.6) is 0 Å². The van der Waals surface area contributed by atoms with Gasteiger partial charge >= 0.3 is 0 Å². The Bertz CT molecular complexity index is 276. The summed E-state index contributed by atoms with van der Waals surface area (Å²) in [4.78, 5) is 13.2. The maximum absolute atomic E-state index is 11.6. The Morgan fingerprint density at radius 1 is 1.50 bits per heavy atom. The highest BCUT2D eigenvalue weighted by Crippen LogP contribution is 2.38. The zero-order valence-corrected chi connectivity index (χ0v) is 7.45. The standard InChI is InChI=1S/C10H13NO/c1-11(2)10(12)9-6-7-3-4-8(9)5-7/h3-4,6-8H,5H2,1-2H3. The number of amides is 1. The molecule has 0 saturated heterocycles. The Morgan fingerprint density at radius 3 is 2.67 bits per heavy atom. The Balaban J connectivity index is 2.17. The van der Waals surface area contributed by atoms with E-state index >= 15 is 0 Å². The van der Waals surface area contributed by atoms with Crippen molar-refractivity contribution in [2.45, 2.75) is 6.42 Å². The van der Waals surface area contributed by atoms with Crippen molar-refractivity contribution in [3.8, 4) is 0 Å². The Kier molecular flexibility index (Phi) is 1.56. The lowest BCUT2D eigenvalue weighted by Crippen LogP contribution is -2.25. The molecule has 0 aromatic heterocycles. The summed E-state index contributed by atoms with van der Waals surface area (Å²) >= 11 is 0. The second-order valence-corrected chi connectivity index (χ2v) is 3.71. The van der Waals surface area contributed by atoms with Gasteiger partial charge in [0.05, 0.1) is 0 Å². The van der Waals surface area contributed by atoms with Crippen molar-refractivity contribution in [2.75, 3.05) is 14.1 Å². The summed E-state index contributed by atoms with van der Waals surface area (Å²) in [5.41, 5.74) is 0.993. The summed E-state index contributed by atoms with van der Waals surface area (Å²) in [6.45, 7) is 0. The van der Waals surface area contributed by atoms with Gasteiger partial charge in [0.1, 0.15) is 0 Å². The normalized spacial score (nSPS) is 30.7. The third-order valence-corrected chi connectivity index (χ3v) is 2.56. The fraction of sp³-hybridized carbons (Fsp3) is 0.500. The molecule has 2 heteroatoms.